The molecule has 0 heterocycles. The fraction of sp³-hybridized carbons (Fsp3) is 0.200. The van der Waals surface area contributed by atoms with Crippen LogP contribution in [0.2, 0.25) is 0 Å². The molecule has 0 aliphatic carbocycles. The Morgan fingerprint density at radius 3 is 2.74 bits per heavy atom. The average Bonchev–Trinajstić information content (AvgIpc) is 2.46. The summed E-state index contributed by atoms with van der Waals surface area (Å²) in [5.74, 6) is 0.685. The first-order chi connectivity index (χ1) is 9.20. The Morgan fingerprint density at radius 2 is 2.00 bits per heavy atom. The number of ether oxygens (including phenoxy) is 1. The van der Waals surface area contributed by atoms with E-state index in [4.69, 9.17) is 4.74 Å². The molecular weight excluding hydrogens is 260 g/mol. The van der Waals surface area contributed by atoms with Crippen LogP contribution in [0.1, 0.15) is 16.9 Å². The Hall–Kier alpha value is -1.44. The topological polar surface area (TPSA) is 21.3 Å². The summed E-state index contributed by atoms with van der Waals surface area (Å²) in [7, 11) is 4.36. The molecule has 2 unspecified atom stereocenters. The molecule has 0 bridgehead atoms. The summed E-state index contributed by atoms with van der Waals surface area (Å²) in [5, 5.41) is 3.27. The Bertz CT molecular complexity index is 547. The summed E-state index contributed by atoms with van der Waals surface area (Å²) >= 11 is 0. The molecule has 0 aliphatic rings. The Balaban J connectivity index is 2.01. The number of halogens is 1. The zero-order valence-electron chi connectivity index (χ0n) is 10.8. The lowest BCUT2D eigenvalue weighted by atomic mass is 10.2. The molecule has 0 saturated carbocycles. The highest BCUT2D eigenvalue weighted by Crippen LogP contribution is 2.24. The molecule has 1 N–H and O–H groups in total. The van der Waals surface area contributed by atoms with Crippen LogP contribution in [-0.4, -0.2) is 7.11 Å². The van der Waals surface area contributed by atoms with Crippen LogP contribution in [-0.2, 0) is 6.54 Å². The highest BCUT2D eigenvalue weighted by atomic mass is 31.0. The van der Waals surface area contributed by atoms with Crippen molar-refractivity contribution in [2.45, 2.75) is 12.3 Å². The zero-order chi connectivity index (χ0) is 13.7. The van der Waals surface area contributed by atoms with Crippen LogP contribution in [0.25, 0.3) is 0 Å². The number of rotatable bonds is 5. The minimum atomic E-state index is -0.183. The number of hydrogen-bond donors (Lipinski definition) is 1. The fourth-order valence-electron chi connectivity index (χ4n) is 1.81. The summed E-state index contributed by atoms with van der Waals surface area (Å²) in [6.07, 6.45) is 0. The lowest BCUT2D eigenvalue weighted by Crippen LogP contribution is -2.16. The van der Waals surface area contributed by atoms with Crippen molar-refractivity contribution in [2.24, 2.45) is 0 Å². The van der Waals surface area contributed by atoms with Crippen molar-refractivity contribution in [3.63, 3.8) is 0 Å². The van der Waals surface area contributed by atoms with Gasteiger partial charge in [0.05, 0.1) is 7.11 Å². The van der Waals surface area contributed by atoms with Crippen molar-refractivity contribution in [3.8, 4) is 5.75 Å². The number of methoxy groups -OCH3 is 1. The van der Waals surface area contributed by atoms with Gasteiger partial charge in [0.25, 0.3) is 0 Å². The van der Waals surface area contributed by atoms with Gasteiger partial charge in [0.2, 0.25) is 0 Å². The molecule has 2 aromatic carbocycles. The molecule has 0 spiro atoms. The standard InChI is InChI=1S/C15H17FNOP/c1-18-13-7-4-6-11(9-13)15(19)17-10-12-5-2-3-8-14(12)16/h2-9,15,17H,10,19H2,1H3. The molecule has 0 aromatic heterocycles. The molecule has 0 aliphatic heterocycles. The van der Waals surface area contributed by atoms with Gasteiger partial charge in [-0.05, 0) is 23.8 Å². The molecule has 0 radical (unpaired) electrons. The van der Waals surface area contributed by atoms with Gasteiger partial charge in [-0.15, -0.1) is 9.24 Å². The average molecular weight is 277 g/mol. The second kappa shape index (κ2) is 6.65. The van der Waals surface area contributed by atoms with Gasteiger partial charge in [-0.3, -0.25) is 0 Å². The van der Waals surface area contributed by atoms with Gasteiger partial charge in [0.1, 0.15) is 11.6 Å². The first-order valence-corrected chi connectivity index (χ1v) is 6.73. The third kappa shape index (κ3) is 3.76. The monoisotopic (exact) mass is 277 g/mol. The van der Waals surface area contributed by atoms with E-state index in [1.807, 2.05) is 30.3 Å². The van der Waals surface area contributed by atoms with E-state index in [0.717, 1.165) is 11.3 Å². The van der Waals surface area contributed by atoms with Crippen molar-refractivity contribution < 1.29 is 9.13 Å². The van der Waals surface area contributed by atoms with Gasteiger partial charge in [-0.25, -0.2) is 4.39 Å². The first-order valence-electron chi connectivity index (χ1n) is 6.07. The summed E-state index contributed by atoms with van der Waals surface area (Å²) < 4.78 is 18.7. The second-order valence-corrected chi connectivity index (χ2v) is 4.89. The van der Waals surface area contributed by atoms with E-state index in [1.165, 1.54) is 6.07 Å². The number of hydrogen-bond acceptors (Lipinski definition) is 2. The van der Waals surface area contributed by atoms with Crippen LogP contribution in [0.5, 0.6) is 5.75 Å². The summed E-state index contributed by atoms with van der Waals surface area (Å²) in [4.78, 5) is 0. The van der Waals surface area contributed by atoms with E-state index in [2.05, 4.69) is 14.6 Å². The van der Waals surface area contributed by atoms with Crippen LogP contribution in [0, 0.1) is 5.82 Å². The van der Waals surface area contributed by atoms with Crippen molar-refractivity contribution in [2.75, 3.05) is 7.11 Å². The summed E-state index contributed by atoms with van der Waals surface area (Å²) in [5.41, 5.74) is 1.75. The van der Waals surface area contributed by atoms with E-state index in [1.54, 1.807) is 19.2 Å². The van der Waals surface area contributed by atoms with Gasteiger partial charge in [0, 0.05) is 17.9 Å². The van der Waals surface area contributed by atoms with Crippen LogP contribution >= 0.6 is 9.24 Å². The van der Waals surface area contributed by atoms with E-state index in [-0.39, 0.29) is 11.6 Å². The summed E-state index contributed by atoms with van der Waals surface area (Å²) in [6.45, 7) is 0.484. The van der Waals surface area contributed by atoms with E-state index < -0.39 is 0 Å². The Kier molecular flexibility index (Phi) is 4.89. The molecule has 2 nitrogen and oxygen atoms in total. The van der Waals surface area contributed by atoms with Crippen molar-refractivity contribution in [1.29, 1.82) is 0 Å². The molecular formula is C15H17FNOP. The van der Waals surface area contributed by atoms with Crippen LogP contribution in [0.15, 0.2) is 48.5 Å². The minimum absolute atomic E-state index is 0.0507. The van der Waals surface area contributed by atoms with Gasteiger partial charge in [-0.1, -0.05) is 30.3 Å². The predicted octanol–water partition coefficient (Wildman–Crippen LogP) is 3.50. The fourth-order valence-corrected chi connectivity index (χ4v) is 2.14. The lowest BCUT2D eigenvalue weighted by Gasteiger charge is -2.15. The quantitative estimate of drug-likeness (QED) is 0.845. The minimum Gasteiger partial charge on any atom is -0.497 e. The third-order valence-electron chi connectivity index (χ3n) is 2.92. The molecule has 2 rings (SSSR count). The first kappa shape index (κ1) is 14.0. The molecule has 4 heteroatoms. The van der Waals surface area contributed by atoms with E-state index in [9.17, 15) is 4.39 Å². The van der Waals surface area contributed by atoms with Crippen LogP contribution in [0.3, 0.4) is 0 Å². The van der Waals surface area contributed by atoms with Crippen LogP contribution < -0.4 is 10.1 Å². The highest BCUT2D eigenvalue weighted by Gasteiger charge is 2.07. The number of nitrogens with one attached hydrogen (secondary N) is 1. The van der Waals surface area contributed by atoms with Gasteiger partial charge in [0.15, 0.2) is 0 Å². The molecule has 2 aromatic rings. The molecule has 2 atom stereocenters. The SMILES string of the molecule is COc1cccc(C(P)NCc2ccccc2F)c1. The molecule has 0 fully saturated rings. The van der Waals surface area contributed by atoms with Crippen molar-refractivity contribution in [1.82, 2.24) is 5.32 Å². The van der Waals surface area contributed by atoms with Gasteiger partial charge < -0.3 is 10.1 Å². The Morgan fingerprint density at radius 1 is 1.21 bits per heavy atom. The largest absolute Gasteiger partial charge is 0.497 e. The molecule has 100 valence electrons. The maximum atomic E-state index is 13.5. The normalized spacial score (nSPS) is 12.2. The van der Waals surface area contributed by atoms with Gasteiger partial charge >= 0.3 is 0 Å². The van der Waals surface area contributed by atoms with Crippen molar-refractivity contribution in [3.05, 3.63) is 65.5 Å². The molecule has 0 saturated heterocycles. The van der Waals surface area contributed by atoms with Gasteiger partial charge in [-0.2, -0.15) is 0 Å². The number of benzene rings is 2. The lowest BCUT2D eigenvalue weighted by molar-refractivity contribution is 0.414. The van der Waals surface area contributed by atoms with Crippen LogP contribution in [0.4, 0.5) is 4.39 Å². The molecule has 19 heavy (non-hydrogen) atoms. The maximum absolute atomic E-state index is 13.5. The van der Waals surface area contributed by atoms with E-state index in [0.29, 0.717) is 12.1 Å². The maximum Gasteiger partial charge on any atom is 0.127 e. The van der Waals surface area contributed by atoms with E-state index >= 15 is 0 Å². The smallest absolute Gasteiger partial charge is 0.127 e. The third-order valence-corrected chi connectivity index (χ3v) is 3.54. The van der Waals surface area contributed by atoms with Crippen molar-refractivity contribution >= 4 is 9.24 Å². The zero-order valence-corrected chi connectivity index (χ0v) is 11.9. The molecule has 0 amide bonds. The summed E-state index contributed by atoms with van der Waals surface area (Å²) in [6, 6.07) is 14.6. The Labute approximate surface area is 115 Å². The highest BCUT2D eigenvalue weighted by molar-refractivity contribution is 7.17. The second-order valence-electron chi connectivity index (χ2n) is 4.23. The predicted molar refractivity (Wildman–Crippen MR) is 78.7 cm³/mol.